The highest BCUT2D eigenvalue weighted by Crippen LogP contribution is 2.29. The molecule has 2 rings (SSSR count). The highest BCUT2D eigenvalue weighted by atomic mass is 19.1. The van der Waals surface area contributed by atoms with Crippen LogP contribution in [0.15, 0.2) is 24.4 Å². The number of aromatic nitrogens is 2. The van der Waals surface area contributed by atoms with Gasteiger partial charge in [0.15, 0.2) is 17.4 Å². The molecule has 0 unspecified atom stereocenters. The van der Waals surface area contributed by atoms with Gasteiger partial charge in [0.1, 0.15) is 0 Å². The Morgan fingerprint density at radius 1 is 1.50 bits per heavy atom. The third kappa shape index (κ3) is 2.37. The molecule has 3 N–H and O–H groups in total. The molecule has 5 nitrogen and oxygen atoms in total. The van der Waals surface area contributed by atoms with Crippen molar-refractivity contribution in [1.82, 2.24) is 9.78 Å². The predicted octanol–water partition coefficient (Wildman–Crippen LogP) is 2.38. The summed E-state index contributed by atoms with van der Waals surface area (Å²) in [4.78, 5) is 0. The number of nitrogens with one attached hydrogen (secondary N) is 1. The van der Waals surface area contributed by atoms with Gasteiger partial charge in [0, 0.05) is 30.9 Å². The number of methoxy groups -OCH3 is 1. The van der Waals surface area contributed by atoms with Crippen molar-refractivity contribution in [1.29, 1.82) is 0 Å². The summed E-state index contributed by atoms with van der Waals surface area (Å²) < 4.78 is 20.1. The van der Waals surface area contributed by atoms with Crippen LogP contribution in [0.4, 0.5) is 21.6 Å². The van der Waals surface area contributed by atoms with Crippen LogP contribution in [0.2, 0.25) is 0 Å². The molecule has 0 fully saturated rings. The monoisotopic (exact) mass is 250 g/mol. The van der Waals surface area contributed by atoms with Gasteiger partial charge in [-0.2, -0.15) is 5.10 Å². The van der Waals surface area contributed by atoms with E-state index in [1.54, 1.807) is 4.68 Å². The van der Waals surface area contributed by atoms with Crippen molar-refractivity contribution in [2.45, 2.75) is 13.5 Å². The number of hydrogen-bond donors (Lipinski definition) is 2. The Morgan fingerprint density at radius 3 is 2.89 bits per heavy atom. The van der Waals surface area contributed by atoms with Gasteiger partial charge in [0.2, 0.25) is 0 Å². The number of nitrogen functional groups attached to an aromatic ring is 1. The highest BCUT2D eigenvalue weighted by Gasteiger charge is 2.09. The van der Waals surface area contributed by atoms with Crippen LogP contribution < -0.4 is 15.8 Å². The Kier molecular flexibility index (Phi) is 3.36. The summed E-state index contributed by atoms with van der Waals surface area (Å²) in [6.07, 6.45) is 1.85. The molecule has 1 aromatic heterocycles. The number of nitrogens with two attached hydrogens (primary N) is 1. The zero-order valence-corrected chi connectivity index (χ0v) is 10.3. The number of benzene rings is 1. The van der Waals surface area contributed by atoms with Gasteiger partial charge >= 0.3 is 0 Å². The van der Waals surface area contributed by atoms with Crippen LogP contribution >= 0.6 is 0 Å². The summed E-state index contributed by atoms with van der Waals surface area (Å²) in [5.74, 6) is 0.304. The van der Waals surface area contributed by atoms with Crippen LogP contribution in [-0.4, -0.2) is 16.9 Å². The Bertz CT molecular complexity index is 553. The van der Waals surface area contributed by atoms with Crippen molar-refractivity contribution >= 4 is 17.2 Å². The molecule has 0 bridgehead atoms. The molecule has 18 heavy (non-hydrogen) atoms. The second kappa shape index (κ2) is 4.95. The Morgan fingerprint density at radius 2 is 2.28 bits per heavy atom. The number of halogens is 1. The first-order valence-electron chi connectivity index (χ1n) is 5.57. The molecule has 0 radical (unpaired) electrons. The van der Waals surface area contributed by atoms with Gasteiger partial charge in [-0.25, -0.2) is 4.39 Å². The maximum absolute atomic E-state index is 13.4. The molecular formula is C12H15FN4O. The Balaban J connectivity index is 2.28. The van der Waals surface area contributed by atoms with E-state index in [4.69, 9.17) is 10.5 Å². The van der Waals surface area contributed by atoms with Crippen molar-refractivity contribution in [3.05, 3.63) is 30.2 Å². The zero-order valence-electron chi connectivity index (χ0n) is 10.3. The first-order chi connectivity index (χ1) is 8.63. The van der Waals surface area contributed by atoms with Gasteiger partial charge in [-0.05, 0) is 6.92 Å². The van der Waals surface area contributed by atoms with Gasteiger partial charge in [-0.3, -0.25) is 4.68 Å². The standard InChI is InChI=1S/C12H15FN4O/c1-3-17-5-4-12(16-17)15-10-7-11(18-2)8(13)6-9(10)14/h4-7H,3,14H2,1-2H3,(H,15,16). The summed E-state index contributed by atoms with van der Waals surface area (Å²) in [7, 11) is 1.41. The largest absolute Gasteiger partial charge is 0.494 e. The third-order valence-corrected chi connectivity index (χ3v) is 2.55. The van der Waals surface area contributed by atoms with Gasteiger partial charge in [-0.15, -0.1) is 0 Å². The van der Waals surface area contributed by atoms with Crippen molar-refractivity contribution in [2.24, 2.45) is 0 Å². The number of anilines is 3. The SMILES string of the molecule is CCn1ccc(Nc2cc(OC)c(F)cc2N)n1. The van der Waals surface area contributed by atoms with Gasteiger partial charge in [-0.1, -0.05) is 0 Å². The molecule has 2 aromatic rings. The topological polar surface area (TPSA) is 65.1 Å². The molecule has 0 saturated heterocycles. The number of aryl methyl sites for hydroxylation is 1. The molecule has 0 aliphatic rings. The predicted molar refractivity (Wildman–Crippen MR) is 68.5 cm³/mol. The summed E-state index contributed by atoms with van der Waals surface area (Å²) in [6.45, 7) is 2.77. The summed E-state index contributed by atoms with van der Waals surface area (Å²) >= 11 is 0. The quantitative estimate of drug-likeness (QED) is 0.818. The van der Waals surface area contributed by atoms with E-state index in [2.05, 4.69) is 10.4 Å². The molecule has 0 aliphatic heterocycles. The molecule has 0 saturated carbocycles. The minimum Gasteiger partial charge on any atom is -0.494 e. The summed E-state index contributed by atoms with van der Waals surface area (Å²) in [5, 5.41) is 7.28. The lowest BCUT2D eigenvalue weighted by Crippen LogP contribution is -2.01. The fourth-order valence-corrected chi connectivity index (χ4v) is 1.58. The van der Waals surface area contributed by atoms with E-state index in [0.717, 1.165) is 6.54 Å². The van der Waals surface area contributed by atoms with Crippen LogP contribution in [0, 0.1) is 5.82 Å². The highest BCUT2D eigenvalue weighted by molar-refractivity contribution is 5.73. The molecule has 0 aliphatic carbocycles. The number of hydrogen-bond acceptors (Lipinski definition) is 4. The average Bonchev–Trinajstić information content (AvgIpc) is 2.80. The lowest BCUT2D eigenvalue weighted by atomic mass is 10.2. The Hall–Kier alpha value is -2.24. The molecule has 1 heterocycles. The van der Waals surface area contributed by atoms with Crippen molar-refractivity contribution in [3.8, 4) is 5.75 Å². The molecule has 1 aromatic carbocycles. The van der Waals surface area contributed by atoms with E-state index >= 15 is 0 Å². The third-order valence-electron chi connectivity index (χ3n) is 2.55. The lowest BCUT2D eigenvalue weighted by molar-refractivity contribution is 0.387. The van der Waals surface area contributed by atoms with E-state index in [0.29, 0.717) is 17.2 Å². The second-order valence-corrected chi connectivity index (χ2v) is 3.76. The molecular weight excluding hydrogens is 235 g/mol. The number of ether oxygens (including phenoxy) is 1. The maximum atomic E-state index is 13.4. The first-order valence-corrected chi connectivity index (χ1v) is 5.57. The van der Waals surface area contributed by atoms with Gasteiger partial charge in [0.05, 0.1) is 18.5 Å². The maximum Gasteiger partial charge on any atom is 0.167 e. The fourth-order valence-electron chi connectivity index (χ4n) is 1.58. The minimum atomic E-state index is -0.486. The van der Waals surface area contributed by atoms with Crippen LogP contribution in [-0.2, 0) is 6.54 Å². The van der Waals surface area contributed by atoms with E-state index < -0.39 is 5.82 Å². The van der Waals surface area contributed by atoms with Crippen molar-refractivity contribution < 1.29 is 9.13 Å². The van der Waals surface area contributed by atoms with Crippen molar-refractivity contribution in [2.75, 3.05) is 18.2 Å². The van der Waals surface area contributed by atoms with E-state index in [1.165, 1.54) is 19.2 Å². The molecule has 0 spiro atoms. The first kappa shape index (κ1) is 12.2. The molecule has 0 atom stereocenters. The zero-order chi connectivity index (χ0) is 13.1. The van der Waals surface area contributed by atoms with E-state index in [9.17, 15) is 4.39 Å². The smallest absolute Gasteiger partial charge is 0.167 e. The molecule has 96 valence electrons. The number of nitrogens with zero attached hydrogens (tertiary/aromatic N) is 2. The lowest BCUT2D eigenvalue weighted by Gasteiger charge is -2.10. The second-order valence-electron chi connectivity index (χ2n) is 3.76. The van der Waals surface area contributed by atoms with Crippen LogP contribution in [0.3, 0.4) is 0 Å². The van der Waals surface area contributed by atoms with E-state index in [1.807, 2.05) is 19.2 Å². The van der Waals surface area contributed by atoms with Gasteiger partial charge in [0.25, 0.3) is 0 Å². The minimum absolute atomic E-state index is 0.140. The molecule has 0 amide bonds. The fraction of sp³-hybridized carbons (Fsp3) is 0.250. The van der Waals surface area contributed by atoms with E-state index in [-0.39, 0.29) is 5.75 Å². The summed E-state index contributed by atoms with van der Waals surface area (Å²) in [6, 6.07) is 4.55. The van der Waals surface area contributed by atoms with Crippen LogP contribution in [0.25, 0.3) is 0 Å². The van der Waals surface area contributed by atoms with Crippen LogP contribution in [0.5, 0.6) is 5.75 Å². The normalized spacial score (nSPS) is 10.4. The van der Waals surface area contributed by atoms with Crippen LogP contribution in [0.1, 0.15) is 6.92 Å². The van der Waals surface area contributed by atoms with Gasteiger partial charge < -0.3 is 15.8 Å². The average molecular weight is 250 g/mol. The number of rotatable bonds is 4. The summed E-state index contributed by atoms with van der Waals surface area (Å²) in [5.41, 5.74) is 6.61. The van der Waals surface area contributed by atoms with Crippen molar-refractivity contribution in [3.63, 3.8) is 0 Å². The Labute approximate surface area is 104 Å². The molecule has 6 heteroatoms.